The van der Waals surface area contributed by atoms with E-state index in [1.54, 1.807) is 0 Å². The summed E-state index contributed by atoms with van der Waals surface area (Å²) in [5, 5.41) is 3.34. The van der Waals surface area contributed by atoms with Crippen molar-refractivity contribution in [2.75, 3.05) is 46.8 Å². The number of hydrogen-bond acceptors (Lipinski definition) is 3. The molecule has 0 atom stereocenters. The van der Waals surface area contributed by atoms with E-state index >= 15 is 0 Å². The third-order valence-electron chi connectivity index (χ3n) is 3.34. The zero-order chi connectivity index (χ0) is 11.3. The fourth-order valence-electron chi connectivity index (χ4n) is 2.15. The van der Waals surface area contributed by atoms with E-state index in [0.29, 0.717) is 0 Å². The van der Waals surface area contributed by atoms with Crippen LogP contribution >= 0.6 is 0 Å². The molecule has 1 heterocycles. The summed E-state index contributed by atoms with van der Waals surface area (Å²) in [6.07, 6.45) is 2.79. The highest BCUT2D eigenvalue weighted by atomic mass is 15.2. The summed E-state index contributed by atoms with van der Waals surface area (Å²) in [6.45, 7) is 10.6. The molecular weight excluding hydrogens is 186 g/mol. The predicted octanol–water partition coefficient (Wildman–Crippen LogP) is 1.01. The maximum atomic E-state index is 3.34. The van der Waals surface area contributed by atoms with Crippen LogP contribution in [0.4, 0.5) is 0 Å². The van der Waals surface area contributed by atoms with Gasteiger partial charge >= 0.3 is 0 Å². The molecule has 3 heteroatoms. The molecule has 0 aromatic heterocycles. The number of rotatable bonds is 6. The Hall–Kier alpha value is -0.120. The first kappa shape index (κ1) is 12.9. The van der Waals surface area contributed by atoms with E-state index < -0.39 is 0 Å². The standard InChI is InChI=1S/C12H27N3/c1-12(2,13-3)11-14(4)9-10-15-7-5-6-8-15/h13H,5-11H2,1-4H3. The summed E-state index contributed by atoms with van der Waals surface area (Å²) in [7, 11) is 4.25. The van der Waals surface area contributed by atoms with Gasteiger partial charge in [-0.05, 0) is 53.9 Å². The Bertz CT molecular complexity index is 174. The summed E-state index contributed by atoms with van der Waals surface area (Å²) in [5.74, 6) is 0. The highest BCUT2D eigenvalue weighted by Gasteiger charge is 2.18. The Labute approximate surface area is 94.8 Å². The summed E-state index contributed by atoms with van der Waals surface area (Å²) in [6, 6.07) is 0. The Kier molecular flexibility index (Phi) is 5.03. The van der Waals surface area contributed by atoms with Gasteiger partial charge in [-0.2, -0.15) is 0 Å². The van der Waals surface area contributed by atoms with Gasteiger partial charge in [-0.25, -0.2) is 0 Å². The zero-order valence-corrected chi connectivity index (χ0v) is 10.8. The molecule has 0 saturated carbocycles. The topological polar surface area (TPSA) is 18.5 Å². The second-order valence-electron chi connectivity index (χ2n) is 5.42. The predicted molar refractivity (Wildman–Crippen MR) is 66.3 cm³/mol. The molecule has 1 N–H and O–H groups in total. The first-order chi connectivity index (χ1) is 7.03. The summed E-state index contributed by atoms with van der Waals surface area (Å²) >= 11 is 0. The molecule has 0 unspecified atom stereocenters. The van der Waals surface area contributed by atoms with Gasteiger partial charge in [0, 0.05) is 25.2 Å². The molecule has 0 bridgehead atoms. The maximum Gasteiger partial charge on any atom is 0.0249 e. The number of hydrogen-bond donors (Lipinski definition) is 1. The molecule has 1 rings (SSSR count). The minimum absolute atomic E-state index is 0.222. The highest BCUT2D eigenvalue weighted by Crippen LogP contribution is 2.07. The third-order valence-corrected chi connectivity index (χ3v) is 3.34. The van der Waals surface area contributed by atoms with Gasteiger partial charge < -0.3 is 15.1 Å². The van der Waals surface area contributed by atoms with Crippen LogP contribution in [0.3, 0.4) is 0 Å². The Balaban J connectivity index is 2.15. The molecule has 0 radical (unpaired) electrons. The summed E-state index contributed by atoms with van der Waals surface area (Å²) < 4.78 is 0. The van der Waals surface area contributed by atoms with E-state index in [9.17, 15) is 0 Å². The van der Waals surface area contributed by atoms with Crippen LogP contribution in [0, 0.1) is 0 Å². The van der Waals surface area contributed by atoms with Gasteiger partial charge in [-0.1, -0.05) is 0 Å². The van der Waals surface area contributed by atoms with Crippen molar-refractivity contribution < 1.29 is 0 Å². The third kappa shape index (κ3) is 4.96. The molecule has 1 aliphatic heterocycles. The highest BCUT2D eigenvalue weighted by molar-refractivity contribution is 4.79. The van der Waals surface area contributed by atoms with Gasteiger partial charge in [0.2, 0.25) is 0 Å². The van der Waals surface area contributed by atoms with E-state index in [0.717, 1.165) is 6.54 Å². The van der Waals surface area contributed by atoms with Crippen LogP contribution in [0.5, 0.6) is 0 Å². The molecule has 0 spiro atoms. The lowest BCUT2D eigenvalue weighted by Crippen LogP contribution is -2.47. The molecule has 0 aromatic rings. The van der Waals surface area contributed by atoms with E-state index in [2.05, 4.69) is 36.0 Å². The quantitative estimate of drug-likeness (QED) is 0.710. The number of nitrogens with one attached hydrogen (secondary N) is 1. The largest absolute Gasteiger partial charge is 0.314 e. The summed E-state index contributed by atoms with van der Waals surface area (Å²) in [4.78, 5) is 5.00. The Morgan fingerprint density at radius 3 is 2.40 bits per heavy atom. The van der Waals surface area contributed by atoms with E-state index in [1.165, 1.54) is 39.0 Å². The van der Waals surface area contributed by atoms with Gasteiger partial charge in [0.25, 0.3) is 0 Å². The minimum atomic E-state index is 0.222. The van der Waals surface area contributed by atoms with Crippen LogP contribution in [0.2, 0.25) is 0 Å². The number of likely N-dealkylation sites (tertiary alicyclic amines) is 1. The smallest absolute Gasteiger partial charge is 0.0249 e. The van der Waals surface area contributed by atoms with Gasteiger partial charge in [-0.3, -0.25) is 0 Å². The van der Waals surface area contributed by atoms with Crippen LogP contribution in [-0.2, 0) is 0 Å². The number of nitrogens with zero attached hydrogens (tertiary/aromatic N) is 2. The molecule has 0 amide bonds. The maximum absolute atomic E-state index is 3.34. The fourth-order valence-corrected chi connectivity index (χ4v) is 2.15. The summed E-state index contributed by atoms with van der Waals surface area (Å²) in [5.41, 5.74) is 0.222. The van der Waals surface area contributed by atoms with Crippen LogP contribution < -0.4 is 5.32 Å². The van der Waals surface area contributed by atoms with E-state index in [-0.39, 0.29) is 5.54 Å². The van der Waals surface area contributed by atoms with Gasteiger partial charge in [-0.15, -0.1) is 0 Å². The van der Waals surface area contributed by atoms with Crippen molar-refractivity contribution in [2.45, 2.75) is 32.2 Å². The second-order valence-corrected chi connectivity index (χ2v) is 5.42. The molecule has 1 aliphatic rings. The van der Waals surface area contributed by atoms with Crippen molar-refractivity contribution in [3.63, 3.8) is 0 Å². The van der Waals surface area contributed by atoms with Crippen LogP contribution in [-0.4, -0.2) is 62.2 Å². The van der Waals surface area contributed by atoms with Gasteiger partial charge in [0.1, 0.15) is 0 Å². The lowest BCUT2D eigenvalue weighted by atomic mass is 10.1. The van der Waals surface area contributed by atoms with Crippen molar-refractivity contribution in [1.82, 2.24) is 15.1 Å². The van der Waals surface area contributed by atoms with Crippen LogP contribution in [0.1, 0.15) is 26.7 Å². The molecule has 1 fully saturated rings. The normalized spacial score (nSPS) is 19.0. The number of likely N-dealkylation sites (N-methyl/N-ethyl adjacent to an activating group) is 2. The Morgan fingerprint density at radius 1 is 1.27 bits per heavy atom. The Morgan fingerprint density at radius 2 is 1.87 bits per heavy atom. The SMILES string of the molecule is CNC(C)(C)CN(C)CCN1CCCC1. The lowest BCUT2D eigenvalue weighted by molar-refractivity contribution is 0.212. The monoisotopic (exact) mass is 213 g/mol. The van der Waals surface area contributed by atoms with E-state index in [4.69, 9.17) is 0 Å². The molecule has 0 aromatic carbocycles. The second kappa shape index (κ2) is 5.83. The van der Waals surface area contributed by atoms with Crippen LogP contribution in [0.15, 0.2) is 0 Å². The molecule has 1 saturated heterocycles. The molecular formula is C12H27N3. The van der Waals surface area contributed by atoms with Crippen molar-refractivity contribution in [2.24, 2.45) is 0 Å². The zero-order valence-electron chi connectivity index (χ0n) is 10.8. The van der Waals surface area contributed by atoms with Crippen LogP contribution in [0.25, 0.3) is 0 Å². The average Bonchev–Trinajstić information content (AvgIpc) is 2.66. The van der Waals surface area contributed by atoms with Gasteiger partial charge in [0.05, 0.1) is 0 Å². The molecule has 15 heavy (non-hydrogen) atoms. The lowest BCUT2D eigenvalue weighted by Gasteiger charge is -2.31. The first-order valence-electron chi connectivity index (χ1n) is 6.13. The minimum Gasteiger partial charge on any atom is -0.314 e. The van der Waals surface area contributed by atoms with Crippen molar-refractivity contribution in [3.05, 3.63) is 0 Å². The first-order valence-corrected chi connectivity index (χ1v) is 6.13. The van der Waals surface area contributed by atoms with Gasteiger partial charge in [0.15, 0.2) is 0 Å². The van der Waals surface area contributed by atoms with Crippen molar-refractivity contribution >= 4 is 0 Å². The molecule has 90 valence electrons. The average molecular weight is 213 g/mol. The van der Waals surface area contributed by atoms with E-state index in [1.807, 2.05) is 7.05 Å². The molecule has 3 nitrogen and oxygen atoms in total. The molecule has 0 aliphatic carbocycles. The van der Waals surface area contributed by atoms with Crippen molar-refractivity contribution in [1.29, 1.82) is 0 Å². The van der Waals surface area contributed by atoms with Crippen molar-refractivity contribution in [3.8, 4) is 0 Å². The fraction of sp³-hybridized carbons (Fsp3) is 1.00.